The molecule has 25 heavy (non-hydrogen) atoms. The van der Waals surface area contributed by atoms with Gasteiger partial charge in [-0.25, -0.2) is 0 Å². The summed E-state index contributed by atoms with van der Waals surface area (Å²) >= 11 is 3.53. The fourth-order valence-corrected chi connectivity index (χ4v) is 3.53. The maximum absolute atomic E-state index is 12.5. The third kappa shape index (κ3) is 4.50. The van der Waals surface area contributed by atoms with Gasteiger partial charge in [-0.2, -0.15) is 5.10 Å². The second-order valence-corrected chi connectivity index (χ2v) is 7.39. The lowest BCUT2D eigenvalue weighted by molar-refractivity contribution is -0.133. The van der Waals surface area contributed by atoms with E-state index in [0.29, 0.717) is 13.0 Å². The van der Waals surface area contributed by atoms with E-state index in [1.54, 1.807) is 0 Å². The average Bonchev–Trinajstić information content (AvgIpc) is 2.88. The molecule has 6 heteroatoms. The number of benzene rings is 1. The van der Waals surface area contributed by atoms with Gasteiger partial charge in [-0.05, 0) is 35.3 Å². The van der Waals surface area contributed by atoms with Crippen LogP contribution in [0, 0.1) is 13.8 Å². The van der Waals surface area contributed by atoms with Gasteiger partial charge in [0.1, 0.15) is 0 Å². The molecule has 1 amide bonds. The van der Waals surface area contributed by atoms with Gasteiger partial charge in [0.05, 0.1) is 16.7 Å². The number of nitrogens with zero attached hydrogens (tertiary/aromatic N) is 4. The molecule has 0 aliphatic carbocycles. The molecule has 0 N–H and O–H groups in total. The predicted molar refractivity (Wildman–Crippen MR) is 102 cm³/mol. The number of hydrogen-bond donors (Lipinski definition) is 0. The first-order chi connectivity index (χ1) is 12.0. The molecule has 1 fully saturated rings. The Morgan fingerprint density at radius 3 is 2.40 bits per heavy atom. The molecule has 0 radical (unpaired) electrons. The molecule has 134 valence electrons. The van der Waals surface area contributed by atoms with Crippen molar-refractivity contribution in [1.82, 2.24) is 19.6 Å². The minimum atomic E-state index is 0.225. The largest absolute Gasteiger partial charge is 0.340 e. The van der Waals surface area contributed by atoms with Gasteiger partial charge in [-0.3, -0.25) is 14.4 Å². The fraction of sp³-hybridized carbons (Fsp3) is 0.474. The van der Waals surface area contributed by atoms with Crippen molar-refractivity contribution >= 4 is 21.8 Å². The van der Waals surface area contributed by atoms with E-state index in [1.165, 1.54) is 5.56 Å². The number of piperazine rings is 1. The summed E-state index contributed by atoms with van der Waals surface area (Å²) in [6, 6.07) is 10.5. The second kappa shape index (κ2) is 8.15. The fourth-order valence-electron chi connectivity index (χ4n) is 3.25. The van der Waals surface area contributed by atoms with Gasteiger partial charge in [-0.1, -0.05) is 30.3 Å². The summed E-state index contributed by atoms with van der Waals surface area (Å²) in [5, 5.41) is 4.48. The van der Waals surface area contributed by atoms with E-state index in [1.807, 2.05) is 29.5 Å². The zero-order valence-corrected chi connectivity index (χ0v) is 16.5. The number of hydrogen-bond acceptors (Lipinski definition) is 3. The molecule has 2 aromatic rings. The van der Waals surface area contributed by atoms with E-state index in [2.05, 4.69) is 50.2 Å². The van der Waals surface area contributed by atoms with Crippen LogP contribution in [0.1, 0.15) is 23.4 Å². The smallest absolute Gasteiger partial charge is 0.224 e. The minimum Gasteiger partial charge on any atom is -0.340 e. The predicted octanol–water partition coefficient (Wildman–Crippen LogP) is 3.00. The molecule has 0 unspecified atom stereocenters. The summed E-state index contributed by atoms with van der Waals surface area (Å²) in [6.07, 6.45) is 0.507. The molecular weight excluding hydrogens is 380 g/mol. The van der Waals surface area contributed by atoms with Crippen LogP contribution in [-0.2, 0) is 17.9 Å². The van der Waals surface area contributed by atoms with Crippen molar-refractivity contribution in [2.24, 2.45) is 0 Å². The van der Waals surface area contributed by atoms with Crippen LogP contribution in [0.2, 0.25) is 0 Å². The summed E-state index contributed by atoms with van der Waals surface area (Å²) < 4.78 is 2.96. The third-order valence-electron chi connectivity index (χ3n) is 4.80. The standard InChI is InChI=1S/C19H25BrN4O/c1-15-19(20)16(2)24(21-15)9-8-18(25)23-12-10-22(11-13-23)14-17-6-4-3-5-7-17/h3-7H,8-14H2,1-2H3. The van der Waals surface area contributed by atoms with E-state index >= 15 is 0 Å². The van der Waals surface area contributed by atoms with Gasteiger partial charge in [-0.15, -0.1) is 0 Å². The molecular formula is C19H25BrN4O. The second-order valence-electron chi connectivity index (χ2n) is 6.60. The van der Waals surface area contributed by atoms with Gasteiger partial charge in [0.2, 0.25) is 5.91 Å². The first-order valence-electron chi connectivity index (χ1n) is 8.78. The third-order valence-corrected chi connectivity index (χ3v) is 5.95. The van der Waals surface area contributed by atoms with Crippen molar-refractivity contribution in [3.8, 4) is 0 Å². The Balaban J connectivity index is 1.46. The molecule has 1 aromatic heterocycles. The summed E-state index contributed by atoms with van der Waals surface area (Å²) in [6.45, 7) is 9.10. The van der Waals surface area contributed by atoms with Crippen molar-refractivity contribution in [2.45, 2.75) is 33.4 Å². The average molecular weight is 405 g/mol. The number of aromatic nitrogens is 2. The number of aryl methyl sites for hydroxylation is 2. The van der Waals surface area contributed by atoms with E-state index in [-0.39, 0.29) is 5.91 Å². The molecule has 1 saturated heterocycles. The summed E-state index contributed by atoms with van der Waals surface area (Å²) in [4.78, 5) is 16.9. The molecule has 1 aromatic carbocycles. The Morgan fingerprint density at radius 1 is 1.12 bits per heavy atom. The number of carbonyl (C=O) groups is 1. The minimum absolute atomic E-state index is 0.225. The first-order valence-corrected chi connectivity index (χ1v) is 9.57. The monoisotopic (exact) mass is 404 g/mol. The molecule has 3 rings (SSSR count). The van der Waals surface area contributed by atoms with Gasteiger partial charge in [0, 0.05) is 44.8 Å². The zero-order valence-electron chi connectivity index (χ0n) is 14.9. The van der Waals surface area contributed by atoms with E-state index < -0.39 is 0 Å². The Morgan fingerprint density at radius 2 is 1.80 bits per heavy atom. The molecule has 0 atom stereocenters. The summed E-state index contributed by atoms with van der Waals surface area (Å²) in [7, 11) is 0. The van der Waals surface area contributed by atoms with Gasteiger partial charge in [0.15, 0.2) is 0 Å². The quantitative estimate of drug-likeness (QED) is 0.768. The van der Waals surface area contributed by atoms with Crippen LogP contribution in [0.3, 0.4) is 0 Å². The SMILES string of the molecule is Cc1nn(CCC(=O)N2CCN(Cc3ccccc3)CC2)c(C)c1Br. The Hall–Kier alpha value is -1.66. The van der Waals surface area contributed by atoms with Crippen molar-refractivity contribution in [3.63, 3.8) is 0 Å². The molecule has 2 heterocycles. The molecule has 0 spiro atoms. The van der Waals surface area contributed by atoms with Crippen molar-refractivity contribution in [3.05, 3.63) is 51.8 Å². The normalized spacial score (nSPS) is 15.6. The number of carbonyl (C=O) groups excluding carboxylic acids is 1. The topological polar surface area (TPSA) is 41.4 Å². The first kappa shape index (κ1) is 18.1. The van der Waals surface area contributed by atoms with Gasteiger partial charge >= 0.3 is 0 Å². The number of amides is 1. The Bertz CT molecular complexity index is 721. The highest BCUT2D eigenvalue weighted by Crippen LogP contribution is 2.20. The lowest BCUT2D eigenvalue weighted by Crippen LogP contribution is -2.48. The zero-order chi connectivity index (χ0) is 17.8. The molecule has 0 bridgehead atoms. The van der Waals surface area contributed by atoms with Crippen LogP contribution in [-0.4, -0.2) is 51.7 Å². The highest BCUT2D eigenvalue weighted by Gasteiger charge is 2.21. The van der Waals surface area contributed by atoms with Gasteiger partial charge < -0.3 is 4.90 Å². The van der Waals surface area contributed by atoms with Crippen LogP contribution < -0.4 is 0 Å². The van der Waals surface area contributed by atoms with E-state index in [4.69, 9.17) is 0 Å². The van der Waals surface area contributed by atoms with Crippen LogP contribution in [0.25, 0.3) is 0 Å². The lowest BCUT2D eigenvalue weighted by atomic mass is 10.2. The van der Waals surface area contributed by atoms with Crippen LogP contribution in [0.4, 0.5) is 0 Å². The molecule has 5 nitrogen and oxygen atoms in total. The van der Waals surface area contributed by atoms with E-state index in [9.17, 15) is 4.79 Å². The summed E-state index contributed by atoms with van der Waals surface area (Å²) in [5.74, 6) is 0.225. The van der Waals surface area contributed by atoms with E-state index in [0.717, 1.165) is 48.6 Å². The van der Waals surface area contributed by atoms with Crippen molar-refractivity contribution in [1.29, 1.82) is 0 Å². The Kier molecular flexibility index (Phi) is 5.91. The highest BCUT2D eigenvalue weighted by atomic mass is 79.9. The molecule has 1 aliphatic rings. The van der Waals surface area contributed by atoms with Crippen LogP contribution >= 0.6 is 15.9 Å². The number of halogens is 1. The van der Waals surface area contributed by atoms with Crippen molar-refractivity contribution < 1.29 is 4.79 Å². The Labute approximate surface area is 157 Å². The van der Waals surface area contributed by atoms with Crippen molar-refractivity contribution in [2.75, 3.05) is 26.2 Å². The maximum Gasteiger partial charge on any atom is 0.224 e. The highest BCUT2D eigenvalue weighted by molar-refractivity contribution is 9.10. The number of rotatable bonds is 5. The van der Waals surface area contributed by atoms with Crippen LogP contribution in [0.15, 0.2) is 34.8 Å². The van der Waals surface area contributed by atoms with Gasteiger partial charge in [0.25, 0.3) is 0 Å². The summed E-state index contributed by atoms with van der Waals surface area (Å²) in [5.41, 5.74) is 3.38. The maximum atomic E-state index is 12.5. The van der Waals surface area contributed by atoms with Crippen LogP contribution in [0.5, 0.6) is 0 Å². The lowest BCUT2D eigenvalue weighted by Gasteiger charge is -2.34. The molecule has 1 aliphatic heterocycles. The molecule has 0 saturated carbocycles.